The van der Waals surface area contributed by atoms with E-state index in [0.29, 0.717) is 16.8 Å². The van der Waals surface area contributed by atoms with Crippen LogP contribution in [0.25, 0.3) is 10.9 Å². The number of nitriles is 1. The Bertz CT molecular complexity index is 607. The van der Waals surface area contributed by atoms with Gasteiger partial charge in [-0.15, -0.1) is 0 Å². The van der Waals surface area contributed by atoms with Crippen molar-refractivity contribution in [2.75, 3.05) is 0 Å². The van der Waals surface area contributed by atoms with Gasteiger partial charge in [0.2, 0.25) is 0 Å². The van der Waals surface area contributed by atoms with Crippen LogP contribution in [-0.2, 0) is 0 Å². The molecule has 0 amide bonds. The molecule has 0 unspecified atom stereocenters. The minimum atomic E-state index is 0.536. The maximum absolute atomic E-state index is 8.90. The van der Waals surface area contributed by atoms with Crippen LogP contribution < -0.4 is 0 Å². The summed E-state index contributed by atoms with van der Waals surface area (Å²) in [6.45, 7) is 0. The molecule has 0 aliphatic rings. The highest BCUT2D eigenvalue weighted by Crippen LogP contribution is 2.26. The Hall–Kier alpha value is -2.08. The molecule has 1 aromatic heterocycles. The minimum Gasteiger partial charge on any atom is -0.255 e. The van der Waals surface area contributed by atoms with E-state index in [1.54, 1.807) is 24.4 Å². The van der Waals surface area contributed by atoms with Crippen LogP contribution in [0.3, 0.4) is 0 Å². The highest BCUT2D eigenvalue weighted by atomic mass is 32.1. The molecule has 0 saturated heterocycles. The third-order valence-electron chi connectivity index (χ3n) is 2.03. The standard InChI is InChI=1S/C11H5N3S/c12-6-8-3-4-10(14-7-15)9-2-1-5-13-11(8)9/h1-5H. The number of thiocarbonyl (C=S) groups is 1. The molecule has 0 bridgehead atoms. The van der Waals surface area contributed by atoms with Gasteiger partial charge in [-0.1, -0.05) is 0 Å². The largest absolute Gasteiger partial charge is 0.255 e. The molecule has 2 rings (SSSR count). The summed E-state index contributed by atoms with van der Waals surface area (Å²) in [5.74, 6) is 0. The van der Waals surface area contributed by atoms with E-state index in [1.165, 1.54) is 0 Å². The second kappa shape index (κ2) is 3.97. The van der Waals surface area contributed by atoms with Gasteiger partial charge in [0.15, 0.2) is 0 Å². The van der Waals surface area contributed by atoms with Crippen LogP contribution in [0.2, 0.25) is 0 Å². The molecule has 1 aromatic carbocycles. The molecule has 0 radical (unpaired) electrons. The number of isothiocyanates is 1. The fraction of sp³-hybridized carbons (Fsp3) is 0. The fourth-order valence-corrected chi connectivity index (χ4v) is 1.49. The molecular weight excluding hydrogens is 206 g/mol. The highest BCUT2D eigenvalue weighted by Gasteiger charge is 2.04. The molecule has 15 heavy (non-hydrogen) atoms. The predicted octanol–water partition coefficient (Wildman–Crippen LogP) is 2.84. The van der Waals surface area contributed by atoms with Crippen molar-refractivity contribution in [3.8, 4) is 6.07 Å². The summed E-state index contributed by atoms with van der Waals surface area (Å²) >= 11 is 4.56. The quantitative estimate of drug-likeness (QED) is 0.538. The Morgan fingerprint density at radius 2 is 2.20 bits per heavy atom. The molecule has 0 aliphatic heterocycles. The molecule has 0 saturated carbocycles. The molecule has 0 spiro atoms. The smallest absolute Gasteiger partial charge is 0.101 e. The molecule has 70 valence electrons. The molecular formula is C11H5N3S. The van der Waals surface area contributed by atoms with Crippen LogP contribution in [0.5, 0.6) is 0 Å². The van der Waals surface area contributed by atoms with Gasteiger partial charge in [-0.05, 0) is 36.5 Å². The Kier molecular flexibility index (Phi) is 2.51. The summed E-state index contributed by atoms with van der Waals surface area (Å²) in [6.07, 6.45) is 1.65. The maximum atomic E-state index is 8.90. The maximum Gasteiger partial charge on any atom is 0.101 e. The van der Waals surface area contributed by atoms with Crippen molar-refractivity contribution < 1.29 is 0 Å². The van der Waals surface area contributed by atoms with Crippen LogP contribution in [0.1, 0.15) is 5.56 Å². The zero-order valence-electron chi connectivity index (χ0n) is 7.64. The number of aromatic nitrogens is 1. The summed E-state index contributed by atoms with van der Waals surface area (Å²) in [5, 5.41) is 12.0. The average molecular weight is 211 g/mol. The molecule has 2 aromatic rings. The number of fused-ring (bicyclic) bond motifs is 1. The fourth-order valence-electron chi connectivity index (χ4n) is 1.39. The number of benzene rings is 1. The number of aliphatic imine (C=N–C) groups is 1. The monoisotopic (exact) mass is 211 g/mol. The zero-order valence-corrected chi connectivity index (χ0v) is 8.45. The predicted molar refractivity (Wildman–Crippen MR) is 61.1 cm³/mol. The third-order valence-corrected chi connectivity index (χ3v) is 2.12. The van der Waals surface area contributed by atoms with E-state index < -0.39 is 0 Å². The van der Waals surface area contributed by atoms with Gasteiger partial charge >= 0.3 is 0 Å². The van der Waals surface area contributed by atoms with Crippen molar-refractivity contribution in [1.29, 1.82) is 5.26 Å². The normalized spacial score (nSPS) is 9.27. The first kappa shape index (κ1) is 9.47. The van der Waals surface area contributed by atoms with Crippen LogP contribution in [-0.4, -0.2) is 10.1 Å². The van der Waals surface area contributed by atoms with Crippen molar-refractivity contribution in [3.05, 3.63) is 36.0 Å². The number of nitrogens with zero attached hydrogens (tertiary/aromatic N) is 3. The van der Waals surface area contributed by atoms with Crippen LogP contribution >= 0.6 is 12.2 Å². The lowest BCUT2D eigenvalue weighted by Crippen LogP contribution is -1.83. The Labute approximate surface area is 91.7 Å². The minimum absolute atomic E-state index is 0.536. The summed E-state index contributed by atoms with van der Waals surface area (Å²) in [4.78, 5) is 8.08. The van der Waals surface area contributed by atoms with E-state index >= 15 is 0 Å². The molecule has 0 fully saturated rings. The van der Waals surface area contributed by atoms with Crippen molar-refractivity contribution in [2.24, 2.45) is 4.99 Å². The van der Waals surface area contributed by atoms with E-state index in [1.807, 2.05) is 6.07 Å². The molecule has 0 aliphatic carbocycles. The Balaban J connectivity index is 2.90. The molecule has 0 atom stereocenters. The number of rotatable bonds is 1. The van der Waals surface area contributed by atoms with Gasteiger partial charge in [0, 0.05) is 11.6 Å². The van der Waals surface area contributed by atoms with E-state index in [-0.39, 0.29) is 0 Å². The molecule has 4 heteroatoms. The van der Waals surface area contributed by atoms with E-state index in [9.17, 15) is 0 Å². The second-order valence-electron chi connectivity index (χ2n) is 2.85. The van der Waals surface area contributed by atoms with Gasteiger partial charge < -0.3 is 0 Å². The van der Waals surface area contributed by atoms with Crippen LogP contribution in [0.4, 0.5) is 5.69 Å². The van der Waals surface area contributed by atoms with Gasteiger partial charge in [-0.3, -0.25) is 4.98 Å². The zero-order chi connectivity index (χ0) is 10.7. The first-order valence-electron chi connectivity index (χ1n) is 4.22. The van der Waals surface area contributed by atoms with Crippen molar-refractivity contribution in [3.63, 3.8) is 0 Å². The van der Waals surface area contributed by atoms with Gasteiger partial charge in [0.25, 0.3) is 0 Å². The molecule has 1 heterocycles. The summed E-state index contributed by atoms with van der Waals surface area (Å²) in [7, 11) is 0. The molecule has 0 N–H and O–H groups in total. The first-order chi connectivity index (χ1) is 7.36. The lowest BCUT2D eigenvalue weighted by atomic mass is 10.1. The Morgan fingerprint density at radius 1 is 1.33 bits per heavy atom. The van der Waals surface area contributed by atoms with Crippen molar-refractivity contribution >= 4 is 34.0 Å². The average Bonchev–Trinajstić information content (AvgIpc) is 2.30. The number of pyridine rings is 1. The lowest BCUT2D eigenvalue weighted by molar-refractivity contribution is 1.38. The van der Waals surface area contributed by atoms with E-state index in [0.717, 1.165) is 5.39 Å². The Morgan fingerprint density at radius 3 is 2.93 bits per heavy atom. The molecule has 3 nitrogen and oxygen atoms in total. The third kappa shape index (κ3) is 1.62. The number of hydrogen-bond donors (Lipinski definition) is 0. The summed E-state index contributed by atoms with van der Waals surface area (Å²) in [6, 6.07) is 9.16. The number of hydrogen-bond acceptors (Lipinski definition) is 4. The highest BCUT2D eigenvalue weighted by molar-refractivity contribution is 7.78. The topological polar surface area (TPSA) is 49.0 Å². The van der Waals surface area contributed by atoms with E-state index in [2.05, 4.69) is 33.4 Å². The van der Waals surface area contributed by atoms with E-state index in [4.69, 9.17) is 5.26 Å². The summed E-state index contributed by atoms with van der Waals surface area (Å²) in [5.41, 5.74) is 1.87. The van der Waals surface area contributed by atoms with Gasteiger partial charge in [0.05, 0.1) is 21.9 Å². The second-order valence-corrected chi connectivity index (χ2v) is 3.03. The van der Waals surface area contributed by atoms with Gasteiger partial charge in [0.1, 0.15) is 6.07 Å². The van der Waals surface area contributed by atoms with Gasteiger partial charge in [-0.2, -0.15) is 10.3 Å². The van der Waals surface area contributed by atoms with Crippen LogP contribution in [0, 0.1) is 11.3 Å². The van der Waals surface area contributed by atoms with Crippen LogP contribution in [0.15, 0.2) is 35.5 Å². The van der Waals surface area contributed by atoms with Crippen molar-refractivity contribution in [2.45, 2.75) is 0 Å². The lowest BCUT2D eigenvalue weighted by Gasteiger charge is -2.00. The first-order valence-corrected chi connectivity index (χ1v) is 4.63. The van der Waals surface area contributed by atoms with Crippen molar-refractivity contribution in [1.82, 2.24) is 4.98 Å². The summed E-state index contributed by atoms with van der Waals surface area (Å²) < 4.78 is 0. The van der Waals surface area contributed by atoms with Gasteiger partial charge in [-0.25, -0.2) is 0 Å². The SMILES string of the molecule is N#Cc1ccc(N=C=S)c2cccnc12.